The summed E-state index contributed by atoms with van der Waals surface area (Å²) < 4.78 is 7.57. The molecule has 1 aromatic heterocycles. The fourth-order valence-corrected chi connectivity index (χ4v) is 6.87. The van der Waals surface area contributed by atoms with E-state index in [0.717, 1.165) is 15.6 Å². The highest BCUT2D eigenvalue weighted by Crippen LogP contribution is 2.62. The van der Waals surface area contributed by atoms with E-state index in [9.17, 15) is 24.3 Å². The van der Waals surface area contributed by atoms with Crippen LogP contribution in [0.3, 0.4) is 0 Å². The zero-order valence-electron chi connectivity index (χ0n) is 21.5. The van der Waals surface area contributed by atoms with Crippen molar-refractivity contribution in [3.05, 3.63) is 26.4 Å². The minimum absolute atomic E-state index is 0.128. The summed E-state index contributed by atoms with van der Waals surface area (Å²) in [6.07, 6.45) is 5.10. The van der Waals surface area contributed by atoms with E-state index in [2.05, 4.69) is 0 Å². The van der Waals surface area contributed by atoms with Crippen LogP contribution >= 0.6 is 0 Å². The number of nitrogens with zero attached hydrogens (tertiary/aromatic N) is 4. The number of aromatic hydroxyl groups is 1. The predicted molar refractivity (Wildman–Crippen MR) is 134 cm³/mol. The fourth-order valence-electron chi connectivity index (χ4n) is 6.87. The summed E-state index contributed by atoms with van der Waals surface area (Å²) in [6.45, 7) is 3.90. The first-order valence-electron chi connectivity index (χ1n) is 13.2. The summed E-state index contributed by atoms with van der Waals surface area (Å²) in [7, 11) is 1.54. The van der Waals surface area contributed by atoms with Gasteiger partial charge in [0.2, 0.25) is 5.88 Å². The normalized spacial score (nSPS) is 29.7. The van der Waals surface area contributed by atoms with Gasteiger partial charge in [0, 0.05) is 32.1 Å². The Hall–Kier alpha value is -3.15. The van der Waals surface area contributed by atoms with Gasteiger partial charge in [0.25, 0.3) is 11.5 Å². The topological polar surface area (TPSA) is 164 Å². The van der Waals surface area contributed by atoms with E-state index in [0.29, 0.717) is 64.7 Å². The van der Waals surface area contributed by atoms with E-state index in [1.807, 2.05) is 6.92 Å². The van der Waals surface area contributed by atoms with Gasteiger partial charge in [0.05, 0.1) is 13.2 Å². The van der Waals surface area contributed by atoms with Gasteiger partial charge in [-0.15, -0.1) is 0 Å². The number of urea groups is 1. The first-order chi connectivity index (χ1) is 17.5. The number of aromatic nitrogens is 2. The average Bonchev–Trinajstić information content (AvgIpc) is 2.98. The second-order valence-corrected chi connectivity index (χ2v) is 11.4. The van der Waals surface area contributed by atoms with Gasteiger partial charge in [-0.25, -0.2) is 9.59 Å². The van der Waals surface area contributed by atoms with E-state index >= 15 is 0 Å². The number of unbranched alkanes of at least 4 members (excludes halogenated alkanes) is 1. The molecule has 3 heterocycles. The Kier molecular flexibility index (Phi) is 6.20. The minimum atomic E-state index is -0.807. The Labute approximate surface area is 214 Å². The number of ether oxygens (including phenoxy) is 1. The summed E-state index contributed by atoms with van der Waals surface area (Å²) in [6, 6.07) is -0.638. The largest absolute Gasteiger partial charge is 0.494 e. The predicted octanol–water partition coefficient (Wildman–Crippen LogP) is 0.974. The van der Waals surface area contributed by atoms with Gasteiger partial charge < -0.3 is 20.5 Å². The van der Waals surface area contributed by atoms with Crippen LogP contribution in [0, 0.1) is 16.7 Å². The Bertz CT molecular complexity index is 1250. The van der Waals surface area contributed by atoms with Crippen molar-refractivity contribution in [3.63, 3.8) is 0 Å². The monoisotopic (exact) mass is 516 g/mol. The van der Waals surface area contributed by atoms with Crippen LogP contribution < -0.4 is 17.0 Å². The van der Waals surface area contributed by atoms with Gasteiger partial charge in [-0.05, 0) is 50.4 Å². The molecule has 4 aliphatic rings. The molecule has 2 saturated carbocycles. The lowest BCUT2D eigenvalue weighted by atomic mass is 9.51. The number of rotatable bonds is 7. The number of hydrogen-bond acceptors (Lipinski definition) is 7. The lowest BCUT2D eigenvalue weighted by Gasteiger charge is -2.58. The van der Waals surface area contributed by atoms with E-state index in [1.54, 1.807) is 11.9 Å². The van der Waals surface area contributed by atoms with Crippen LogP contribution in [0.25, 0.3) is 0 Å². The van der Waals surface area contributed by atoms with E-state index in [-0.39, 0.29) is 41.4 Å². The Morgan fingerprint density at radius 3 is 2.35 bits per heavy atom. The van der Waals surface area contributed by atoms with Gasteiger partial charge in [-0.3, -0.25) is 29.0 Å². The second kappa shape index (κ2) is 9.00. The molecule has 2 aliphatic heterocycles. The fraction of sp³-hybridized carbons (Fsp3) is 0.720. The average molecular weight is 517 g/mol. The van der Waals surface area contributed by atoms with Crippen LogP contribution in [-0.4, -0.2) is 74.2 Å². The number of imide groups is 1. The van der Waals surface area contributed by atoms with Crippen LogP contribution in [0.2, 0.25) is 0 Å². The van der Waals surface area contributed by atoms with Crippen molar-refractivity contribution in [1.82, 2.24) is 18.9 Å². The van der Waals surface area contributed by atoms with Gasteiger partial charge in [0.1, 0.15) is 16.9 Å². The van der Waals surface area contributed by atoms with Crippen LogP contribution in [-0.2, 0) is 16.1 Å². The van der Waals surface area contributed by atoms with Gasteiger partial charge in [-0.2, -0.15) is 0 Å². The molecule has 12 heteroatoms. The maximum Gasteiger partial charge on any atom is 0.334 e. The third kappa shape index (κ3) is 3.79. The highest BCUT2D eigenvalue weighted by atomic mass is 16.5. The number of nitrogens with one attached hydrogen (secondary N) is 1. The van der Waals surface area contributed by atoms with Crippen molar-refractivity contribution in [2.45, 2.75) is 76.4 Å². The summed E-state index contributed by atoms with van der Waals surface area (Å²) in [4.78, 5) is 55.5. The highest BCUT2D eigenvalue weighted by Gasteiger charge is 2.68. The zero-order valence-corrected chi connectivity index (χ0v) is 21.5. The van der Waals surface area contributed by atoms with E-state index in [4.69, 9.17) is 15.9 Å². The third-order valence-electron chi connectivity index (χ3n) is 8.95. The zero-order chi connectivity index (χ0) is 26.7. The summed E-state index contributed by atoms with van der Waals surface area (Å²) >= 11 is 0. The van der Waals surface area contributed by atoms with Crippen LogP contribution in [0.1, 0.15) is 69.9 Å². The van der Waals surface area contributed by atoms with Crippen molar-refractivity contribution in [2.75, 3.05) is 26.8 Å². The molecular formula is C25H36N6O6. The van der Waals surface area contributed by atoms with Gasteiger partial charge >= 0.3 is 11.7 Å². The van der Waals surface area contributed by atoms with E-state index < -0.39 is 28.5 Å². The lowest BCUT2D eigenvalue weighted by Crippen LogP contribution is -2.65. The Morgan fingerprint density at radius 2 is 1.81 bits per heavy atom. The molecule has 0 aromatic carbocycles. The van der Waals surface area contributed by atoms with Crippen LogP contribution in [0.4, 0.5) is 4.79 Å². The molecule has 3 amide bonds. The molecule has 0 unspecified atom stereocenters. The number of likely N-dealkylation sites (N-methyl/N-ethyl adjacent to an activating group) is 1. The molecule has 4 N–H and O–H groups in total. The van der Waals surface area contributed by atoms with Crippen LogP contribution in [0.5, 0.6) is 5.88 Å². The van der Waals surface area contributed by atoms with Crippen LogP contribution in [0.15, 0.2) is 9.59 Å². The third-order valence-corrected chi connectivity index (χ3v) is 8.95. The van der Waals surface area contributed by atoms with Crippen molar-refractivity contribution in [2.24, 2.45) is 17.1 Å². The summed E-state index contributed by atoms with van der Waals surface area (Å²) in [5, 5.41) is 18.4. The number of hydrogen-bond donors (Lipinski definition) is 3. The molecule has 2 saturated heterocycles. The number of nitrogen functional groups attached to an aromatic ring is 1. The molecule has 4 fully saturated rings. The number of carbonyl (C=O) groups excluding carboxylic acids is 2. The standard InChI is InChI=1S/C25H36N6O6/c1-3-4-9-29-19(32)17(18(26)27)20(33)31(23(29)36)16-5-7-24(8-6-16)13-25(14-24)21(34)28(2)22(35)30(25)10-15-11-37-12-15/h15-16,32H,3-14H2,1-2H3,(H3,26,27). The maximum absolute atomic E-state index is 13.3. The minimum Gasteiger partial charge on any atom is -0.494 e. The first-order valence-corrected chi connectivity index (χ1v) is 13.2. The lowest BCUT2D eigenvalue weighted by molar-refractivity contribution is -0.152. The molecule has 202 valence electrons. The Morgan fingerprint density at radius 1 is 1.16 bits per heavy atom. The summed E-state index contributed by atoms with van der Waals surface area (Å²) in [5.41, 5.74) is 3.02. The molecule has 37 heavy (non-hydrogen) atoms. The molecule has 12 nitrogen and oxygen atoms in total. The number of amidine groups is 1. The molecule has 0 radical (unpaired) electrons. The Balaban J connectivity index is 1.37. The molecule has 2 spiro atoms. The molecule has 5 rings (SSSR count). The van der Waals surface area contributed by atoms with Crippen molar-refractivity contribution < 1.29 is 19.4 Å². The molecule has 2 aliphatic carbocycles. The van der Waals surface area contributed by atoms with Gasteiger partial charge in [-0.1, -0.05) is 13.3 Å². The molecular weight excluding hydrogens is 480 g/mol. The number of nitrogens with two attached hydrogens (primary N) is 1. The maximum atomic E-state index is 13.3. The SMILES string of the molecule is CCCCn1c(O)c(C(=N)N)c(=O)n(C2CCC3(CC2)CC2(C3)C(=O)N(C)C(=O)N2CC2COC2)c1=O. The van der Waals surface area contributed by atoms with Crippen molar-refractivity contribution >= 4 is 17.8 Å². The second-order valence-electron chi connectivity index (χ2n) is 11.4. The molecule has 0 bridgehead atoms. The van der Waals surface area contributed by atoms with E-state index in [1.165, 1.54) is 4.90 Å². The smallest absolute Gasteiger partial charge is 0.334 e. The number of amides is 3. The highest BCUT2D eigenvalue weighted by molar-refractivity contribution is 6.07. The van der Waals surface area contributed by atoms with Gasteiger partial charge in [0.15, 0.2) is 0 Å². The first kappa shape index (κ1) is 25.5. The van der Waals surface area contributed by atoms with Crippen molar-refractivity contribution in [1.29, 1.82) is 5.41 Å². The molecule has 1 aromatic rings. The summed E-state index contributed by atoms with van der Waals surface area (Å²) in [5.74, 6) is -1.02. The quantitative estimate of drug-likeness (QED) is 0.276. The number of carbonyl (C=O) groups is 2. The molecule has 0 atom stereocenters. The van der Waals surface area contributed by atoms with Crippen molar-refractivity contribution in [3.8, 4) is 5.88 Å².